The van der Waals surface area contributed by atoms with E-state index in [1.54, 1.807) is 0 Å². The lowest BCUT2D eigenvalue weighted by Gasteiger charge is -2.24. The monoisotopic (exact) mass is 432 g/mol. The third kappa shape index (κ3) is 10.3. The first-order valence-electron chi connectivity index (χ1n) is 8.96. The highest BCUT2D eigenvalue weighted by atomic mass is 16.4. The maximum absolute atomic E-state index is 12.6. The standard InChI is InChI=1S/C16H28N6O8/c1-7(17)13(26)20-8(2-4-11(18)24)14(27)21-9(3-5-12(19)25)15(28)22-10(6-23)16(29)30/h7-10,23H,2-6,17H2,1H3,(H2,18,24)(H2,19,25)(H,20,26)(H,21,27)(H,22,28)(H,29,30). The highest BCUT2D eigenvalue weighted by Crippen LogP contribution is 2.03. The molecule has 4 unspecified atom stereocenters. The number of nitrogens with one attached hydrogen (secondary N) is 3. The Bertz CT molecular complexity index is 668. The molecule has 0 fully saturated rings. The second-order valence-corrected chi connectivity index (χ2v) is 6.50. The summed E-state index contributed by atoms with van der Waals surface area (Å²) in [6.07, 6.45) is -1.07. The van der Waals surface area contributed by atoms with E-state index in [1.807, 2.05) is 5.32 Å². The summed E-state index contributed by atoms with van der Waals surface area (Å²) < 4.78 is 0. The number of amides is 5. The first kappa shape index (κ1) is 26.7. The zero-order chi connectivity index (χ0) is 23.4. The zero-order valence-electron chi connectivity index (χ0n) is 16.4. The number of aliphatic carboxylic acids is 1. The van der Waals surface area contributed by atoms with Crippen molar-refractivity contribution in [3.05, 3.63) is 0 Å². The SMILES string of the molecule is CC(N)C(=O)NC(CCC(N)=O)C(=O)NC(CCC(N)=O)C(=O)NC(CO)C(=O)O. The summed E-state index contributed by atoms with van der Waals surface area (Å²) in [6.45, 7) is 0.450. The lowest BCUT2D eigenvalue weighted by atomic mass is 10.1. The lowest BCUT2D eigenvalue weighted by molar-refractivity contribution is -0.143. The van der Waals surface area contributed by atoms with E-state index in [4.69, 9.17) is 27.4 Å². The number of carbonyl (C=O) groups is 6. The molecule has 0 spiro atoms. The third-order valence-electron chi connectivity index (χ3n) is 3.84. The number of nitrogens with two attached hydrogens (primary N) is 3. The van der Waals surface area contributed by atoms with E-state index in [9.17, 15) is 28.8 Å². The molecule has 11 N–H and O–H groups in total. The van der Waals surface area contributed by atoms with Gasteiger partial charge in [-0.1, -0.05) is 0 Å². The van der Waals surface area contributed by atoms with Gasteiger partial charge in [-0.3, -0.25) is 24.0 Å². The Hall–Kier alpha value is -3.26. The largest absolute Gasteiger partial charge is 0.480 e. The number of carboxylic acids is 1. The molecular weight excluding hydrogens is 404 g/mol. The molecule has 5 amide bonds. The van der Waals surface area contributed by atoms with Crippen LogP contribution in [0.3, 0.4) is 0 Å². The van der Waals surface area contributed by atoms with Gasteiger partial charge < -0.3 is 43.4 Å². The first-order valence-corrected chi connectivity index (χ1v) is 8.96. The number of hydrogen-bond donors (Lipinski definition) is 8. The minimum atomic E-state index is -1.64. The van der Waals surface area contributed by atoms with Crippen LogP contribution in [0.15, 0.2) is 0 Å². The van der Waals surface area contributed by atoms with Crippen LogP contribution in [0.4, 0.5) is 0 Å². The van der Waals surface area contributed by atoms with Crippen LogP contribution in [0.5, 0.6) is 0 Å². The molecule has 14 heteroatoms. The Labute approximate surface area is 171 Å². The fourth-order valence-electron chi connectivity index (χ4n) is 2.14. The molecule has 0 aromatic heterocycles. The van der Waals surface area contributed by atoms with Crippen LogP contribution in [0.1, 0.15) is 32.6 Å². The van der Waals surface area contributed by atoms with Crippen LogP contribution in [-0.2, 0) is 28.8 Å². The van der Waals surface area contributed by atoms with E-state index in [1.165, 1.54) is 6.92 Å². The van der Waals surface area contributed by atoms with Gasteiger partial charge in [-0.2, -0.15) is 0 Å². The molecule has 170 valence electrons. The molecule has 0 heterocycles. The van der Waals surface area contributed by atoms with Crippen LogP contribution < -0.4 is 33.2 Å². The zero-order valence-corrected chi connectivity index (χ0v) is 16.4. The Morgan fingerprint density at radius 2 is 1.13 bits per heavy atom. The average molecular weight is 432 g/mol. The molecule has 30 heavy (non-hydrogen) atoms. The lowest BCUT2D eigenvalue weighted by Crippen LogP contribution is -2.57. The van der Waals surface area contributed by atoms with Crippen LogP contribution in [-0.4, -0.2) is 76.5 Å². The number of hydrogen-bond acceptors (Lipinski definition) is 8. The van der Waals surface area contributed by atoms with Gasteiger partial charge in [0.25, 0.3) is 0 Å². The van der Waals surface area contributed by atoms with Crippen molar-refractivity contribution < 1.29 is 39.0 Å². The second-order valence-electron chi connectivity index (χ2n) is 6.50. The molecule has 14 nitrogen and oxygen atoms in total. The van der Waals surface area contributed by atoms with Gasteiger partial charge in [0.05, 0.1) is 12.6 Å². The molecule has 0 saturated carbocycles. The summed E-state index contributed by atoms with van der Waals surface area (Å²) >= 11 is 0. The molecule has 0 aromatic rings. The van der Waals surface area contributed by atoms with Crippen molar-refractivity contribution in [3.63, 3.8) is 0 Å². The molecular formula is C16H28N6O8. The molecule has 0 radical (unpaired) electrons. The van der Waals surface area contributed by atoms with Gasteiger partial charge in [-0.05, 0) is 19.8 Å². The molecule has 4 atom stereocenters. The quantitative estimate of drug-likeness (QED) is 0.131. The minimum absolute atomic E-state index is 0.196. The third-order valence-corrected chi connectivity index (χ3v) is 3.84. The molecule has 0 aromatic carbocycles. The number of carbonyl (C=O) groups excluding carboxylic acids is 5. The number of aliphatic hydroxyl groups excluding tert-OH is 1. The maximum atomic E-state index is 12.6. The van der Waals surface area contributed by atoms with Crippen LogP contribution >= 0.6 is 0 Å². The van der Waals surface area contributed by atoms with Crippen molar-refractivity contribution in [1.29, 1.82) is 0 Å². The molecule has 0 aliphatic heterocycles. The van der Waals surface area contributed by atoms with E-state index >= 15 is 0 Å². The fourth-order valence-corrected chi connectivity index (χ4v) is 2.14. The van der Waals surface area contributed by atoms with Crippen molar-refractivity contribution in [1.82, 2.24) is 16.0 Å². The van der Waals surface area contributed by atoms with E-state index in [-0.39, 0.29) is 25.7 Å². The molecule has 0 bridgehead atoms. The van der Waals surface area contributed by atoms with Gasteiger partial charge in [0.2, 0.25) is 29.5 Å². The highest BCUT2D eigenvalue weighted by molar-refractivity contribution is 5.94. The predicted octanol–water partition coefficient (Wildman–Crippen LogP) is -4.60. The van der Waals surface area contributed by atoms with E-state index in [0.717, 1.165) is 0 Å². The van der Waals surface area contributed by atoms with Crippen molar-refractivity contribution >= 4 is 35.5 Å². The van der Waals surface area contributed by atoms with Crippen molar-refractivity contribution in [2.75, 3.05) is 6.61 Å². The summed E-state index contributed by atoms with van der Waals surface area (Å²) in [7, 11) is 0. The minimum Gasteiger partial charge on any atom is -0.480 e. The Morgan fingerprint density at radius 1 is 0.767 bits per heavy atom. The average Bonchev–Trinajstić information content (AvgIpc) is 2.64. The van der Waals surface area contributed by atoms with Crippen molar-refractivity contribution in [2.24, 2.45) is 17.2 Å². The number of primary amides is 2. The smallest absolute Gasteiger partial charge is 0.328 e. The molecule has 0 saturated heterocycles. The Balaban J connectivity index is 5.43. The van der Waals surface area contributed by atoms with Crippen LogP contribution in [0.2, 0.25) is 0 Å². The topological polar surface area (TPSA) is 257 Å². The summed E-state index contributed by atoms with van der Waals surface area (Å²) in [4.78, 5) is 69.8. The number of rotatable bonds is 14. The van der Waals surface area contributed by atoms with Gasteiger partial charge in [0.15, 0.2) is 0 Å². The van der Waals surface area contributed by atoms with Crippen molar-refractivity contribution in [3.8, 4) is 0 Å². The summed E-state index contributed by atoms with van der Waals surface area (Å²) in [5.74, 6) is -5.64. The summed E-state index contributed by atoms with van der Waals surface area (Å²) in [6, 6.07) is -5.31. The summed E-state index contributed by atoms with van der Waals surface area (Å²) in [5.41, 5.74) is 15.5. The van der Waals surface area contributed by atoms with Gasteiger partial charge in [0, 0.05) is 12.8 Å². The fraction of sp³-hybridized carbons (Fsp3) is 0.625. The van der Waals surface area contributed by atoms with Gasteiger partial charge >= 0.3 is 5.97 Å². The molecule has 0 rings (SSSR count). The van der Waals surface area contributed by atoms with Crippen LogP contribution in [0, 0.1) is 0 Å². The second kappa shape index (κ2) is 13.1. The normalized spacial score (nSPS) is 14.5. The molecule has 0 aliphatic carbocycles. The highest BCUT2D eigenvalue weighted by Gasteiger charge is 2.30. The molecule has 0 aliphatic rings. The Kier molecular flexibility index (Phi) is 11.6. The number of carboxylic acid groups (broad SMARTS) is 1. The van der Waals surface area contributed by atoms with Crippen LogP contribution in [0.25, 0.3) is 0 Å². The van der Waals surface area contributed by atoms with E-state index < -0.39 is 66.3 Å². The van der Waals surface area contributed by atoms with Gasteiger partial charge in [-0.15, -0.1) is 0 Å². The predicted molar refractivity (Wildman–Crippen MR) is 101 cm³/mol. The van der Waals surface area contributed by atoms with Gasteiger partial charge in [-0.25, -0.2) is 4.79 Å². The maximum Gasteiger partial charge on any atom is 0.328 e. The van der Waals surface area contributed by atoms with E-state index in [2.05, 4.69) is 10.6 Å². The Morgan fingerprint density at radius 3 is 1.43 bits per heavy atom. The summed E-state index contributed by atoms with van der Waals surface area (Å²) in [5, 5.41) is 24.5. The first-order chi connectivity index (χ1) is 13.9. The van der Waals surface area contributed by atoms with E-state index in [0.29, 0.717) is 0 Å². The number of aliphatic hydroxyl groups is 1. The van der Waals surface area contributed by atoms with Gasteiger partial charge in [0.1, 0.15) is 18.1 Å². The van der Waals surface area contributed by atoms with Crippen molar-refractivity contribution in [2.45, 2.75) is 56.8 Å².